The Morgan fingerprint density at radius 3 is 2.36 bits per heavy atom. The lowest BCUT2D eigenvalue weighted by molar-refractivity contribution is 0.0677. The summed E-state index contributed by atoms with van der Waals surface area (Å²) in [6.45, 7) is 6.78. The lowest BCUT2D eigenvalue weighted by Gasteiger charge is -2.04. The van der Waals surface area contributed by atoms with E-state index in [0.29, 0.717) is 6.61 Å². The van der Waals surface area contributed by atoms with Crippen molar-refractivity contribution >= 4 is 0 Å². The minimum absolute atomic E-state index is 0.710. The quantitative estimate of drug-likeness (QED) is 0.531. The molecular weight excluding hydrogens is 140 g/mol. The van der Waals surface area contributed by atoms with Crippen molar-refractivity contribution in [2.45, 2.75) is 26.7 Å². The highest BCUT2D eigenvalue weighted by molar-refractivity contribution is 4.44. The highest BCUT2D eigenvalue weighted by Crippen LogP contribution is 2.02. The summed E-state index contributed by atoms with van der Waals surface area (Å²) >= 11 is 0. The zero-order valence-corrected chi connectivity index (χ0v) is 7.93. The third-order valence-electron chi connectivity index (χ3n) is 1.50. The van der Waals surface area contributed by atoms with Crippen LogP contribution in [0.4, 0.5) is 0 Å². The van der Waals surface area contributed by atoms with Gasteiger partial charge in [0.2, 0.25) is 0 Å². The van der Waals surface area contributed by atoms with E-state index in [9.17, 15) is 0 Å². The Bertz CT molecular complexity index is 72.0. The number of methoxy groups -OCH3 is 1. The van der Waals surface area contributed by atoms with Crippen LogP contribution in [0.25, 0.3) is 0 Å². The summed E-state index contributed by atoms with van der Waals surface area (Å²) in [5.74, 6) is 0.793. The second-order valence-corrected chi connectivity index (χ2v) is 3.14. The van der Waals surface area contributed by atoms with Gasteiger partial charge in [0.15, 0.2) is 0 Å². The molecule has 0 N–H and O–H groups in total. The molecule has 0 saturated carbocycles. The highest BCUT2D eigenvalue weighted by Gasteiger charge is 1.93. The monoisotopic (exact) mass is 160 g/mol. The van der Waals surface area contributed by atoms with Crippen molar-refractivity contribution in [2.75, 3.05) is 26.9 Å². The van der Waals surface area contributed by atoms with Gasteiger partial charge in [-0.1, -0.05) is 13.8 Å². The van der Waals surface area contributed by atoms with E-state index in [1.165, 1.54) is 12.8 Å². The average Bonchev–Trinajstić information content (AvgIpc) is 1.96. The third-order valence-corrected chi connectivity index (χ3v) is 1.50. The summed E-state index contributed by atoms with van der Waals surface area (Å²) in [6.07, 6.45) is 2.42. The van der Waals surface area contributed by atoms with E-state index in [-0.39, 0.29) is 0 Å². The Kier molecular flexibility index (Phi) is 7.96. The van der Waals surface area contributed by atoms with E-state index < -0.39 is 0 Å². The molecule has 0 atom stereocenters. The van der Waals surface area contributed by atoms with Gasteiger partial charge in [-0.15, -0.1) is 0 Å². The predicted molar refractivity (Wildman–Crippen MR) is 46.8 cm³/mol. The first-order chi connectivity index (χ1) is 5.27. The fourth-order valence-corrected chi connectivity index (χ4v) is 0.838. The second-order valence-electron chi connectivity index (χ2n) is 3.14. The zero-order valence-electron chi connectivity index (χ0n) is 7.93. The van der Waals surface area contributed by atoms with Crippen LogP contribution in [0.5, 0.6) is 0 Å². The van der Waals surface area contributed by atoms with Gasteiger partial charge in [-0.2, -0.15) is 0 Å². The molecule has 0 fully saturated rings. The Morgan fingerprint density at radius 1 is 1.09 bits per heavy atom. The molecule has 68 valence electrons. The molecule has 0 aromatic heterocycles. The molecule has 0 aliphatic rings. The molecule has 0 heterocycles. The maximum Gasteiger partial charge on any atom is 0.0700 e. The Labute approximate surface area is 69.9 Å². The van der Waals surface area contributed by atoms with Gasteiger partial charge in [0.25, 0.3) is 0 Å². The van der Waals surface area contributed by atoms with Crippen LogP contribution in [-0.2, 0) is 9.47 Å². The smallest absolute Gasteiger partial charge is 0.0700 e. The Morgan fingerprint density at radius 2 is 1.82 bits per heavy atom. The van der Waals surface area contributed by atoms with Gasteiger partial charge in [-0.05, 0) is 18.8 Å². The molecule has 0 aromatic carbocycles. The highest BCUT2D eigenvalue weighted by atomic mass is 16.5. The third kappa shape index (κ3) is 9.92. The molecule has 0 spiro atoms. The van der Waals surface area contributed by atoms with Crippen LogP contribution >= 0.6 is 0 Å². The minimum atomic E-state index is 0.710. The molecule has 0 saturated heterocycles. The van der Waals surface area contributed by atoms with Gasteiger partial charge in [-0.3, -0.25) is 0 Å². The SMILES string of the molecule is COCCOCCCC(C)C. The molecule has 0 aliphatic heterocycles. The summed E-state index contributed by atoms with van der Waals surface area (Å²) < 4.78 is 10.1. The summed E-state index contributed by atoms with van der Waals surface area (Å²) in [7, 11) is 1.69. The molecule has 0 aromatic rings. The molecule has 0 rings (SSSR count). The first-order valence-electron chi connectivity index (χ1n) is 4.34. The fraction of sp³-hybridized carbons (Fsp3) is 1.00. The van der Waals surface area contributed by atoms with E-state index in [0.717, 1.165) is 19.1 Å². The Hall–Kier alpha value is -0.0800. The standard InChI is InChI=1S/C9H20O2/c1-9(2)5-4-6-11-8-7-10-3/h9H,4-8H2,1-3H3. The number of ether oxygens (including phenoxy) is 2. The van der Waals surface area contributed by atoms with Crippen LogP contribution in [0.3, 0.4) is 0 Å². The molecular formula is C9H20O2. The first-order valence-corrected chi connectivity index (χ1v) is 4.34. The largest absolute Gasteiger partial charge is 0.382 e. The molecule has 0 radical (unpaired) electrons. The van der Waals surface area contributed by atoms with E-state index >= 15 is 0 Å². The van der Waals surface area contributed by atoms with Crippen molar-refractivity contribution in [3.8, 4) is 0 Å². The summed E-state index contributed by atoms with van der Waals surface area (Å²) in [5.41, 5.74) is 0. The summed E-state index contributed by atoms with van der Waals surface area (Å²) in [4.78, 5) is 0. The van der Waals surface area contributed by atoms with Gasteiger partial charge in [0.05, 0.1) is 13.2 Å². The maximum atomic E-state index is 5.30. The van der Waals surface area contributed by atoms with Crippen molar-refractivity contribution < 1.29 is 9.47 Å². The van der Waals surface area contributed by atoms with E-state index in [1.807, 2.05) is 0 Å². The molecule has 11 heavy (non-hydrogen) atoms. The molecule has 2 heteroatoms. The van der Waals surface area contributed by atoms with E-state index in [2.05, 4.69) is 13.8 Å². The number of hydrogen-bond acceptors (Lipinski definition) is 2. The summed E-state index contributed by atoms with van der Waals surface area (Å²) in [6, 6.07) is 0. The first kappa shape index (κ1) is 10.9. The van der Waals surface area contributed by atoms with Crippen LogP contribution in [0, 0.1) is 5.92 Å². The van der Waals surface area contributed by atoms with Crippen LogP contribution in [0.2, 0.25) is 0 Å². The maximum absolute atomic E-state index is 5.30. The molecule has 2 nitrogen and oxygen atoms in total. The average molecular weight is 160 g/mol. The van der Waals surface area contributed by atoms with Gasteiger partial charge in [-0.25, -0.2) is 0 Å². The van der Waals surface area contributed by atoms with Crippen LogP contribution in [-0.4, -0.2) is 26.9 Å². The van der Waals surface area contributed by atoms with Crippen molar-refractivity contribution in [1.29, 1.82) is 0 Å². The van der Waals surface area contributed by atoms with Crippen LogP contribution in [0.15, 0.2) is 0 Å². The van der Waals surface area contributed by atoms with E-state index in [4.69, 9.17) is 9.47 Å². The molecule has 0 unspecified atom stereocenters. The van der Waals surface area contributed by atoms with Crippen LogP contribution in [0.1, 0.15) is 26.7 Å². The fourth-order valence-electron chi connectivity index (χ4n) is 0.838. The zero-order chi connectivity index (χ0) is 8.53. The Balaban J connectivity index is 2.80. The topological polar surface area (TPSA) is 18.5 Å². The van der Waals surface area contributed by atoms with Crippen molar-refractivity contribution in [2.24, 2.45) is 5.92 Å². The van der Waals surface area contributed by atoms with Gasteiger partial charge >= 0.3 is 0 Å². The number of hydrogen-bond donors (Lipinski definition) is 0. The summed E-state index contributed by atoms with van der Waals surface area (Å²) in [5, 5.41) is 0. The minimum Gasteiger partial charge on any atom is -0.382 e. The normalized spacial score (nSPS) is 10.9. The lowest BCUT2D eigenvalue weighted by atomic mass is 10.1. The molecule has 0 amide bonds. The van der Waals surface area contributed by atoms with Gasteiger partial charge < -0.3 is 9.47 Å². The van der Waals surface area contributed by atoms with Crippen molar-refractivity contribution in [3.63, 3.8) is 0 Å². The van der Waals surface area contributed by atoms with E-state index in [1.54, 1.807) is 7.11 Å². The lowest BCUT2D eigenvalue weighted by Crippen LogP contribution is -2.03. The second kappa shape index (κ2) is 8.02. The molecule has 0 aliphatic carbocycles. The van der Waals surface area contributed by atoms with Gasteiger partial charge in [0.1, 0.15) is 0 Å². The number of rotatable bonds is 7. The molecule has 0 bridgehead atoms. The predicted octanol–water partition coefficient (Wildman–Crippen LogP) is 2.09. The van der Waals surface area contributed by atoms with Crippen LogP contribution < -0.4 is 0 Å². The van der Waals surface area contributed by atoms with Gasteiger partial charge in [0, 0.05) is 13.7 Å². The van der Waals surface area contributed by atoms with Crippen molar-refractivity contribution in [3.05, 3.63) is 0 Å². The van der Waals surface area contributed by atoms with Crippen molar-refractivity contribution in [1.82, 2.24) is 0 Å².